The van der Waals surface area contributed by atoms with Crippen molar-refractivity contribution in [2.24, 2.45) is 5.92 Å². The second-order valence-corrected chi connectivity index (χ2v) is 6.54. The highest BCUT2D eigenvalue weighted by Gasteiger charge is 2.30. The van der Waals surface area contributed by atoms with Gasteiger partial charge >= 0.3 is 0 Å². The Morgan fingerprint density at radius 1 is 1.04 bits per heavy atom. The molecule has 2 aromatic carbocycles. The van der Waals surface area contributed by atoms with Crippen LogP contribution in [0.3, 0.4) is 0 Å². The van der Waals surface area contributed by atoms with Crippen LogP contribution in [0.2, 0.25) is 0 Å². The molecule has 0 aliphatic heterocycles. The number of rotatable bonds is 7. The quantitative estimate of drug-likeness (QED) is 0.714. The zero-order valence-electron chi connectivity index (χ0n) is 14.8. The van der Waals surface area contributed by atoms with E-state index in [0.717, 1.165) is 30.0 Å². The first kappa shape index (κ1) is 17.9. The van der Waals surface area contributed by atoms with E-state index in [-0.39, 0.29) is 30.2 Å². The topological polar surface area (TPSA) is 87.3 Å². The third kappa shape index (κ3) is 4.39. The molecule has 3 rings (SSSR count). The summed E-state index contributed by atoms with van der Waals surface area (Å²) >= 11 is 0. The van der Waals surface area contributed by atoms with Crippen LogP contribution in [0, 0.1) is 5.92 Å². The molecule has 26 heavy (non-hydrogen) atoms. The van der Waals surface area contributed by atoms with E-state index in [2.05, 4.69) is 16.0 Å². The molecule has 1 fully saturated rings. The summed E-state index contributed by atoms with van der Waals surface area (Å²) in [7, 11) is 0. The van der Waals surface area contributed by atoms with Crippen molar-refractivity contribution in [3.63, 3.8) is 0 Å². The van der Waals surface area contributed by atoms with Gasteiger partial charge in [-0.15, -0.1) is 0 Å². The summed E-state index contributed by atoms with van der Waals surface area (Å²) in [6.07, 6.45) is 2.61. The van der Waals surface area contributed by atoms with Crippen LogP contribution in [0.1, 0.15) is 36.5 Å². The molecule has 0 atom stereocenters. The largest absolute Gasteiger partial charge is 0.355 e. The van der Waals surface area contributed by atoms with E-state index in [1.165, 1.54) is 0 Å². The highest BCUT2D eigenvalue weighted by atomic mass is 16.2. The van der Waals surface area contributed by atoms with Gasteiger partial charge in [0.2, 0.25) is 11.8 Å². The molecular formula is C20H23N3O3. The second kappa shape index (κ2) is 7.99. The van der Waals surface area contributed by atoms with Gasteiger partial charge in [-0.2, -0.15) is 0 Å². The van der Waals surface area contributed by atoms with Crippen molar-refractivity contribution in [2.45, 2.75) is 26.2 Å². The van der Waals surface area contributed by atoms with E-state index in [0.29, 0.717) is 17.8 Å². The van der Waals surface area contributed by atoms with Crippen LogP contribution < -0.4 is 16.0 Å². The number of benzene rings is 2. The number of anilines is 1. The summed E-state index contributed by atoms with van der Waals surface area (Å²) < 4.78 is 0. The first-order valence-electron chi connectivity index (χ1n) is 8.97. The Balaban J connectivity index is 1.80. The van der Waals surface area contributed by atoms with Gasteiger partial charge in [0.25, 0.3) is 5.91 Å². The van der Waals surface area contributed by atoms with Crippen LogP contribution in [0.25, 0.3) is 10.8 Å². The molecule has 3 amide bonds. The highest BCUT2D eigenvalue weighted by molar-refractivity contribution is 6.08. The lowest BCUT2D eigenvalue weighted by Crippen LogP contribution is -2.37. The SMILES string of the molecule is CCCNC(=O)CNC(=O)c1cc2ccccc2cc1NC(=O)C1CC1. The van der Waals surface area contributed by atoms with Crippen molar-refractivity contribution in [1.82, 2.24) is 10.6 Å². The summed E-state index contributed by atoms with van der Waals surface area (Å²) in [4.78, 5) is 36.5. The van der Waals surface area contributed by atoms with Gasteiger partial charge in [-0.05, 0) is 42.2 Å². The molecule has 0 aromatic heterocycles. The predicted molar refractivity (Wildman–Crippen MR) is 101 cm³/mol. The van der Waals surface area contributed by atoms with Crippen LogP contribution >= 0.6 is 0 Å². The number of carbonyl (C=O) groups is 3. The fraction of sp³-hybridized carbons (Fsp3) is 0.350. The minimum Gasteiger partial charge on any atom is -0.355 e. The third-order valence-corrected chi connectivity index (χ3v) is 4.32. The molecule has 1 aliphatic rings. The summed E-state index contributed by atoms with van der Waals surface area (Å²) in [5.41, 5.74) is 0.841. The number of hydrogen-bond acceptors (Lipinski definition) is 3. The molecule has 0 unspecified atom stereocenters. The number of carbonyl (C=O) groups excluding carboxylic acids is 3. The molecule has 2 aromatic rings. The van der Waals surface area contributed by atoms with Gasteiger partial charge < -0.3 is 16.0 Å². The smallest absolute Gasteiger partial charge is 0.253 e. The minimum absolute atomic E-state index is 0.0391. The van der Waals surface area contributed by atoms with Crippen molar-refractivity contribution in [3.05, 3.63) is 42.0 Å². The van der Waals surface area contributed by atoms with Gasteiger partial charge in [0.05, 0.1) is 17.8 Å². The average molecular weight is 353 g/mol. The van der Waals surface area contributed by atoms with E-state index < -0.39 is 0 Å². The monoisotopic (exact) mass is 353 g/mol. The minimum atomic E-state index is -0.381. The van der Waals surface area contributed by atoms with Crippen molar-refractivity contribution in [1.29, 1.82) is 0 Å². The van der Waals surface area contributed by atoms with Gasteiger partial charge in [-0.3, -0.25) is 14.4 Å². The Kier molecular flexibility index (Phi) is 5.51. The Labute approximate surface area is 152 Å². The van der Waals surface area contributed by atoms with E-state index >= 15 is 0 Å². The van der Waals surface area contributed by atoms with E-state index in [9.17, 15) is 14.4 Å². The molecule has 136 valence electrons. The van der Waals surface area contributed by atoms with Gasteiger partial charge in [-0.25, -0.2) is 0 Å². The summed E-state index contributed by atoms with van der Waals surface area (Å²) in [6.45, 7) is 2.44. The maximum absolute atomic E-state index is 12.6. The predicted octanol–water partition coefficient (Wildman–Crippen LogP) is 2.44. The fourth-order valence-corrected chi connectivity index (χ4v) is 2.69. The van der Waals surface area contributed by atoms with Crippen LogP contribution in [-0.4, -0.2) is 30.8 Å². The van der Waals surface area contributed by atoms with Crippen LogP contribution in [0.4, 0.5) is 5.69 Å². The first-order chi connectivity index (χ1) is 12.6. The van der Waals surface area contributed by atoms with Gasteiger partial charge in [0, 0.05) is 12.5 Å². The normalized spacial score (nSPS) is 13.3. The molecule has 6 heteroatoms. The molecule has 0 heterocycles. The second-order valence-electron chi connectivity index (χ2n) is 6.54. The molecule has 6 nitrogen and oxygen atoms in total. The molecule has 0 radical (unpaired) electrons. The standard InChI is InChI=1S/C20H23N3O3/c1-2-9-21-18(24)12-22-20(26)16-10-14-5-3-4-6-15(14)11-17(16)23-19(25)13-7-8-13/h3-6,10-11,13H,2,7-9,12H2,1H3,(H,21,24)(H,22,26)(H,23,25). The number of amides is 3. The van der Waals surface area contributed by atoms with Crippen LogP contribution in [-0.2, 0) is 9.59 Å². The highest BCUT2D eigenvalue weighted by Crippen LogP contribution is 2.31. The lowest BCUT2D eigenvalue weighted by Gasteiger charge is -2.13. The zero-order chi connectivity index (χ0) is 18.5. The van der Waals surface area contributed by atoms with Crippen molar-refractivity contribution in [2.75, 3.05) is 18.4 Å². The molecule has 1 saturated carbocycles. The maximum Gasteiger partial charge on any atom is 0.253 e. The fourth-order valence-electron chi connectivity index (χ4n) is 2.69. The van der Waals surface area contributed by atoms with Crippen molar-refractivity contribution >= 4 is 34.2 Å². The number of fused-ring (bicyclic) bond motifs is 1. The number of hydrogen-bond donors (Lipinski definition) is 3. The molecule has 0 spiro atoms. The van der Waals surface area contributed by atoms with Gasteiger partial charge in [0.15, 0.2) is 0 Å². The zero-order valence-corrected chi connectivity index (χ0v) is 14.8. The molecule has 1 aliphatic carbocycles. The van der Waals surface area contributed by atoms with Crippen LogP contribution in [0.5, 0.6) is 0 Å². The Bertz CT molecular complexity index is 843. The summed E-state index contributed by atoms with van der Waals surface area (Å²) in [5, 5.41) is 10.1. The molecular weight excluding hydrogens is 330 g/mol. The van der Waals surface area contributed by atoms with E-state index in [1.54, 1.807) is 6.07 Å². The van der Waals surface area contributed by atoms with Gasteiger partial charge in [0.1, 0.15) is 0 Å². The average Bonchev–Trinajstić information content (AvgIpc) is 3.49. The Hall–Kier alpha value is -2.89. The maximum atomic E-state index is 12.6. The Morgan fingerprint density at radius 2 is 1.73 bits per heavy atom. The van der Waals surface area contributed by atoms with E-state index in [4.69, 9.17) is 0 Å². The first-order valence-corrected chi connectivity index (χ1v) is 8.97. The van der Waals surface area contributed by atoms with Crippen LogP contribution in [0.15, 0.2) is 36.4 Å². The third-order valence-electron chi connectivity index (χ3n) is 4.32. The summed E-state index contributed by atoms with van der Waals surface area (Å²) in [5.74, 6) is -0.634. The molecule has 0 saturated heterocycles. The van der Waals surface area contributed by atoms with Crippen molar-refractivity contribution < 1.29 is 14.4 Å². The lowest BCUT2D eigenvalue weighted by atomic mass is 10.0. The Morgan fingerprint density at radius 3 is 2.38 bits per heavy atom. The van der Waals surface area contributed by atoms with Crippen molar-refractivity contribution in [3.8, 4) is 0 Å². The lowest BCUT2D eigenvalue weighted by molar-refractivity contribution is -0.120. The summed E-state index contributed by atoms with van der Waals surface area (Å²) in [6, 6.07) is 11.2. The molecule has 3 N–H and O–H groups in total. The number of nitrogens with one attached hydrogen (secondary N) is 3. The van der Waals surface area contributed by atoms with Gasteiger partial charge in [-0.1, -0.05) is 31.2 Å². The van der Waals surface area contributed by atoms with E-state index in [1.807, 2.05) is 37.3 Å². The molecule has 0 bridgehead atoms.